The average molecular weight is 333 g/mol. The molecule has 0 N–H and O–H groups in total. The van der Waals surface area contributed by atoms with Crippen LogP contribution >= 0.6 is 11.6 Å². The van der Waals surface area contributed by atoms with E-state index in [1.54, 1.807) is 6.07 Å². The minimum absolute atomic E-state index is 0.405. The fraction of sp³-hybridized carbons (Fsp3) is 0. The molecule has 4 aromatic rings. The van der Waals surface area contributed by atoms with Crippen LogP contribution in [0.15, 0.2) is 75.9 Å². The third-order valence-electron chi connectivity index (χ3n) is 3.96. The summed E-state index contributed by atoms with van der Waals surface area (Å²) in [4.78, 5) is 11.3. The molecule has 4 rings (SSSR count). The summed E-state index contributed by atoms with van der Waals surface area (Å²) in [5, 5.41) is 3.57. The normalized spacial score (nSPS) is 11.5. The first-order valence-corrected chi connectivity index (χ1v) is 7.97. The maximum absolute atomic E-state index is 11.3. The molecule has 0 bridgehead atoms. The molecular weight excluding hydrogens is 320 g/mol. The fourth-order valence-corrected chi connectivity index (χ4v) is 2.99. The average Bonchev–Trinajstić information content (AvgIpc) is 2.60. The minimum Gasteiger partial charge on any atom is -0.423 e. The van der Waals surface area contributed by atoms with E-state index in [0.29, 0.717) is 10.6 Å². The fourth-order valence-electron chi connectivity index (χ4n) is 2.75. The SMILES string of the molecule is O=c1cc(Cl)c2cc(/C=C\c3ccc4ccccc4c3)ccc2o1. The monoisotopic (exact) mass is 332 g/mol. The van der Waals surface area contributed by atoms with Crippen molar-refractivity contribution in [2.45, 2.75) is 0 Å². The van der Waals surface area contributed by atoms with Gasteiger partial charge in [0.25, 0.3) is 0 Å². The zero-order valence-electron chi connectivity index (χ0n) is 12.7. The number of rotatable bonds is 2. The summed E-state index contributed by atoms with van der Waals surface area (Å²) in [6.45, 7) is 0. The Morgan fingerprint density at radius 2 is 1.50 bits per heavy atom. The Balaban J connectivity index is 1.72. The Labute approximate surface area is 143 Å². The van der Waals surface area contributed by atoms with E-state index in [1.165, 1.54) is 16.8 Å². The van der Waals surface area contributed by atoms with Gasteiger partial charge < -0.3 is 4.42 Å². The van der Waals surface area contributed by atoms with Gasteiger partial charge >= 0.3 is 5.63 Å². The van der Waals surface area contributed by atoms with E-state index in [2.05, 4.69) is 36.4 Å². The number of hydrogen-bond donors (Lipinski definition) is 0. The highest BCUT2D eigenvalue weighted by Crippen LogP contribution is 2.24. The minimum atomic E-state index is -0.438. The maximum atomic E-state index is 11.3. The molecule has 0 aliphatic rings. The molecule has 0 amide bonds. The Hall–Kier alpha value is -2.84. The standard InChI is InChI=1S/C21H13ClO2/c22-19-13-21(23)24-20-10-8-15(12-18(19)20)6-5-14-7-9-16-3-1-2-4-17(16)11-14/h1-13H/b6-5-. The molecule has 0 radical (unpaired) electrons. The molecule has 24 heavy (non-hydrogen) atoms. The van der Waals surface area contributed by atoms with Crippen molar-refractivity contribution in [1.82, 2.24) is 0 Å². The smallest absolute Gasteiger partial charge is 0.337 e. The van der Waals surface area contributed by atoms with Gasteiger partial charge in [-0.05, 0) is 40.1 Å². The van der Waals surface area contributed by atoms with Crippen LogP contribution in [0.4, 0.5) is 0 Å². The van der Waals surface area contributed by atoms with Crippen molar-refractivity contribution in [3.8, 4) is 0 Å². The van der Waals surface area contributed by atoms with Gasteiger partial charge in [-0.15, -0.1) is 0 Å². The molecule has 1 heterocycles. The van der Waals surface area contributed by atoms with Crippen molar-refractivity contribution in [1.29, 1.82) is 0 Å². The summed E-state index contributed by atoms with van der Waals surface area (Å²) in [5.74, 6) is 0. The van der Waals surface area contributed by atoms with Gasteiger partial charge in [0.1, 0.15) is 5.58 Å². The van der Waals surface area contributed by atoms with Gasteiger partial charge in [-0.1, -0.05) is 66.2 Å². The van der Waals surface area contributed by atoms with E-state index in [1.807, 2.05) is 30.3 Å². The quantitative estimate of drug-likeness (QED) is 0.344. The Morgan fingerprint density at radius 3 is 2.33 bits per heavy atom. The number of hydrogen-bond acceptors (Lipinski definition) is 2. The van der Waals surface area contributed by atoms with Gasteiger partial charge in [0.2, 0.25) is 0 Å². The zero-order valence-corrected chi connectivity index (χ0v) is 13.5. The van der Waals surface area contributed by atoms with Crippen molar-refractivity contribution in [2.75, 3.05) is 0 Å². The molecular formula is C21H13ClO2. The van der Waals surface area contributed by atoms with Gasteiger partial charge in [-0.2, -0.15) is 0 Å². The van der Waals surface area contributed by atoms with Crippen LogP contribution < -0.4 is 5.63 Å². The van der Waals surface area contributed by atoms with Crippen molar-refractivity contribution in [2.24, 2.45) is 0 Å². The van der Waals surface area contributed by atoms with Crippen LogP contribution in [0.5, 0.6) is 0 Å². The summed E-state index contributed by atoms with van der Waals surface area (Å²) < 4.78 is 5.14. The second-order valence-electron chi connectivity index (χ2n) is 5.61. The summed E-state index contributed by atoms with van der Waals surface area (Å²) in [7, 11) is 0. The van der Waals surface area contributed by atoms with Crippen LogP contribution in [-0.2, 0) is 0 Å². The molecule has 3 aromatic carbocycles. The lowest BCUT2D eigenvalue weighted by molar-refractivity contribution is 0.561. The van der Waals surface area contributed by atoms with E-state index in [4.69, 9.17) is 16.0 Å². The predicted molar refractivity (Wildman–Crippen MR) is 100 cm³/mol. The van der Waals surface area contributed by atoms with Crippen LogP contribution in [0.1, 0.15) is 11.1 Å². The van der Waals surface area contributed by atoms with Gasteiger partial charge in [0, 0.05) is 11.5 Å². The molecule has 0 aliphatic heterocycles. The van der Waals surface area contributed by atoms with E-state index in [9.17, 15) is 4.79 Å². The summed E-state index contributed by atoms with van der Waals surface area (Å²) >= 11 is 6.13. The van der Waals surface area contributed by atoms with Crippen molar-refractivity contribution < 1.29 is 4.42 Å². The van der Waals surface area contributed by atoms with Crippen molar-refractivity contribution in [3.05, 3.63) is 93.3 Å². The van der Waals surface area contributed by atoms with Gasteiger partial charge in [-0.3, -0.25) is 0 Å². The zero-order chi connectivity index (χ0) is 16.5. The molecule has 0 saturated heterocycles. The third kappa shape index (κ3) is 2.84. The number of fused-ring (bicyclic) bond motifs is 2. The molecule has 0 aliphatic carbocycles. The first-order valence-electron chi connectivity index (χ1n) is 7.59. The summed E-state index contributed by atoms with van der Waals surface area (Å²) in [5.41, 5.74) is 2.17. The number of halogens is 1. The third-order valence-corrected chi connectivity index (χ3v) is 4.27. The second kappa shape index (κ2) is 5.99. The van der Waals surface area contributed by atoms with E-state index < -0.39 is 5.63 Å². The van der Waals surface area contributed by atoms with Gasteiger partial charge in [0.05, 0.1) is 5.02 Å². The van der Waals surface area contributed by atoms with E-state index in [0.717, 1.165) is 16.5 Å². The maximum Gasteiger partial charge on any atom is 0.337 e. The molecule has 0 spiro atoms. The first-order chi connectivity index (χ1) is 11.7. The van der Waals surface area contributed by atoms with Gasteiger partial charge in [-0.25, -0.2) is 4.79 Å². The predicted octanol–water partition coefficient (Wildman–Crippen LogP) is 5.77. The highest BCUT2D eigenvalue weighted by molar-refractivity contribution is 6.35. The Bertz CT molecular complexity index is 1140. The summed E-state index contributed by atoms with van der Waals surface area (Å²) in [6, 6.07) is 21.5. The number of benzene rings is 3. The Morgan fingerprint density at radius 1 is 0.792 bits per heavy atom. The van der Waals surface area contributed by atoms with Crippen LogP contribution in [0.2, 0.25) is 5.02 Å². The van der Waals surface area contributed by atoms with E-state index >= 15 is 0 Å². The molecule has 116 valence electrons. The van der Waals surface area contributed by atoms with E-state index in [-0.39, 0.29) is 0 Å². The first kappa shape index (κ1) is 14.7. The lowest BCUT2D eigenvalue weighted by atomic mass is 10.1. The molecule has 0 fully saturated rings. The van der Waals surface area contributed by atoms with Crippen LogP contribution in [0, 0.1) is 0 Å². The Kier molecular flexibility index (Phi) is 3.68. The molecule has 0 unspecified atom stereocenters. The van der Waals surface area contributed by atoms with Gasteiger partial charge in [0.15, 0.2) is 0 Å². The van der Waals surface area contributed by atoms with Crippen LogP contribution in [0.25, 0.3) is 33.9 Å². The molecule has 0 atom stereocenters. The van der Waals surface area contributed by atoms with Crippen molar-refractivity contribution >= 4 is 45.5 Å². The molecule has 3 heteroatoms. The van der Waals surface area contributed by atoms with Crippen molar-refractivity contribution in [3.63, 3.8) is 0 Å². The van der Waals surface area contributed by atoms with Crippen LogP contribution in [0.3, 0.4) is 0 Å². The van der Waals surface area contributed by atoms with Crippen LogP contribution in [-0.4, -0.2) is 0 Å². The lowest BCUT2D eigenvalue weighted by Gasteiger charge is -2.01. The molecule has 0 saturated carbocycles. The largest absolute Gasteiger partial charge is 0.423 e. The topological polar surface area (TPSA) is 30.2 Å². The molecule has 1 aromatic heterocycles. The highest BCUT2D eigenvalue weighted by Gasteiger charge is 2.03. The summed E-state index contributed by atoms with van der Waals surface area (Å²) in [6.07, 6.45) is 4.08. The molecule has 2 nitrogen and oxygen atoms in total. The highest BCUT2D eigenvalue weighted by atomic mass is 35.5. The second-order valence-corrected chi connectivity index (χ2v) is 6.02. The lowest BCUT2D eigenvalue weighted by Crippen LogP contribution is -1.95.